The second-order valence-electron chi connectivity index (χ2n) is 2.51. The second kappa shape index (κ2) is 6.94. The van der Waals surface area contributed by atoms with Gasteiger partial charge in [-0.2, -0.15) is 0 Å². The molecule has 6 heteroatoms. The van der Waals surface area contributed by atoms with Gasteiger partial charge in [0, 0.05) is 6.54 Å². The summed E-state index contributed by atoms with van der Waals surface area (Å²) in [5.74, 6) is -2.71. The first kappa shape index (κ1) is 13.6. The van der Waals surface area contributed by atoms with Crippen LogP contribution in [-0.2, 0) is 19.1 Å². The van der Waals surface area contributed by atoms with E-state index < -0.39 is 17.9 Å². The molecule has 84 valence electrons. The van der Waals surface area contributed by atoms with Crippen molar-refractivity contribution < 1.29 is 19.1 Å². The number of thiocarbonyl (C=S) groups is 1. The molecule has 0 heterocycles. The van der Waals surface area contributed by atoms with Crippen molar-refractivity contribution in [1.82, 2.24) is 5.32 Å². The van der Waals surface area contributed by atoms with Crippen LogP contribution in [0.15, 0.2) is 12.7 Å². The van der Waals surface area contributed by atoms with Crippen molar-refractivity contribution in [3.8, 4) is 0 Å². The number of methoxy groups -OCH3 is 2. The van der Waals surface area contributed by atoms with Gasteiger partial charge in [0.15, 0.2) is 0 Å². The molecule has 0 rings (SSSR count). The first-order valence-corrected chi connectivity index (χ1v) is 4.53. The Hall–Kier alpha value is -1.43. The van der Waals surface area contributed by atoms with Gasteiger partial charge in [-0.15, -0.1) is 6.58 Å². The standard InChI is InChI=1S/C9H13NO4S/c1-4-5-10-7(15)6(8(11)13-2)9(12)14-3/h4,6H,1,5H2,2-3H3,(H,10,15). The van der Waals surface area contributed by atoms with Crippen molar-refractivity contribution in [2.24, 2.45) is 5.92 Å². The van der Waals surface area contributed by atoms with Crippen LogP contribution < -0.4 is 5.32 Å². The molecule has 0 radical (unpaired) electrons. The summed E-state index contributed by atoms with van der Waals surface area (Å²) >= 11 is 4.87. The summed E-state index contributed by atoms with van der Waals surface area (Å²) in [6.07, 6.45) is 1.55. The SMILES string of the molecule is C=CCNC(=S)C(C(=O)OC)C(=O)OC. The summed E-state index contributed by atoms with van der Waals surface area (Å²) in [4.78, 5) is 22.5. The van der Waals surface area contributed by atoms with Gasteiger partial charge in [-0.05, 0) is 0 Å². The van der Waals surface area contributed by atoms with Crippen molar-refractivity contribution >= 4 is 29.1 Å². The third-order valence-electron chi connectivity index (χ3n) is 1.56. The molecule has 0 spiro atoms. The second-order valence-corrected chi connectivity index (χ2v) is 2.95. The summed E-state index contributed by atoms with van der Waals surface area (Å²) in [6, 6.07) is 0. The topological polar surface area (TPSA) is 64.6 Å². The smallest absolute Gasteiger partial charge is 0.327 e. The number of hydrogen-bond acceptors (Lipinski definition) is 5. The Morgan fingerprint density at radius 1 is 1.40 bits per heavy atom. The molecule has 0 aromatic rings. The maximum absolute atomic E-state index is 11.2. The van der Waals surface area contributed by atoms with E-state index in [1.54, 1.807) is 6.08 Å². The van der Waals surface area contributed by atoms with Gasteiger partial charge in [-0.25, -0.2) is 0 Å². The van der Waals surface area contributed by atoms with Crippen molar-refractivity contribution in [3.05, 3.63) is 12.7 Å². The third-order valence-corrected chi connectivity index (χ3v) is 1.94. The lowest BCUT2D eigenvalue weighted by atomic mass is 10.1. The fraction of sp³-hybridized carbons (Fsp3) is 0.444. The van der Waals surface area contributed by atoms with Gasteiger partial charge >= 0.3 is 11.9 Å². The molecule has 0 amide bonds. The Kier molecular flexibility index (Phi) is 6.28. The zero-order chi connectivity index (χ0) is 11.8. The molecule has 1 N–H and O–H groups in total. The zero-order valence-electron chi connectivity index (χ0n) is 8.61. The number of carbonyl (C=O) groups excluding carboxylic acids is 2. The zero-order valence-corrected chi connectivity index (χ0v) is 9.43. The van der Waals surface area contributed by atoms with E-state index >= 15 is 0 Å². The maximum atomic E-state index is 11.2. The molecule has 0 unspecified atom stereocenters. The van der Waals surface area contributed by atoms with Crippen LogP contribution in [-0.4, -0.2) is 37.7 Å². The Balaban J connectivity index is 4.62. The number of carbonyl (C=O) groups is 2. The van der Waals surface area contributed by atoms with Gasteiger partial charge < -0.3 is 14.8 Å². The van der Waals surface area contributed by atoms with Crippen LogP contribution in [0.1, 0.15) is 0 Å². The van der Waals surface area contributed by atoms with Crippen LogP contribution in [0.2, 0.25) is 0 Å². The van der Waals surface area contributed by atoms with E-state index in [0.29, 0.717) is 6.54 Å². The molecule has 0 aromatic carbocycles. The quantitative estimate of drug-likeness (QED) is 0.312. The molecule has 5 nitrogen and oxygen atoms in total. The fourth-order valence-corrected chi connectivity index (χ4v) is 1.10. The summed E-state index contributed by atoms with van der Waals surface area (Å²) in [7, 11) is 2.35. The van der Waals surface area contributed by atoms with Gasteiger partial charge in [0.25, 0.3) is 0 Å². The van der Waals surface area contributed by atoms with E-state index in [-0.39, 0.29) is 4.99 Å². The first-order valence-electron chi connectivity index (χ1n) is 4.12. The largest absolute Gasteiger partial charge is 0.468 e. The molecule has 0 atom stereocenters. The van der Waals surface area contributed by atoms with E-state index in [1.807, 2.05) is 0 Å². The maximum Gasteiger partial charge on any atom is 0.327 e. The molecule has 0 aliphatic heterocycles. The molecule has 0 saturated heterocycles. The lowest BCUT2D eigenvalue weighted by Crippen LogP contribution is -2.40. The van der Waals surface area contributed by atoms with Crippen LogP contribution in [0.5, 0.6) is 0 Å². The molecule has 0 aliphatic rings. The van der Waals surface area contributed by atoms with Crippen LogP contribution >= 0.6 is 12.2 Å². The third kappa shape index (κ3) is 4.07. The Morgan fingerprint density at radius 2 is 1.87 bits per heavy atom. The van der Waals surface area contributed by atoms with Gasteiger partial charge in [-0.3, -0.25) is 9.59 Å². The molecule has 15 heavy (non-hydrogen) atoms. The fourth-order valence-electron chi connectivity index (χ4n) is 0.821. The van der Waals surface area contributed by atoms with Crippen LogP contribution in [0.25, 0.3) is 0 Å². The summed E-state index contributed by atoms with van der Waals surface area (Å²) in [5.41, 5.74) is 0. The predicted molar refractivity (Wildman–Crippen MR) is 58.3 cm³/mol. The average molecular weight is 231 g/mol. The van der Waals surface area contributed by atoms with Gasteiger partial charge in [-0.1, -0.05) is 18.3 Å². The number of ether oxygens (including phenoxy) is 2. The lowest BCUT2D eigenvalue weighted by Gasteiger charge is -2.14. The number of esters is 2. The van der Waals surface area contributed by atoms with Crippen molar-refractivity contribution in [1.29, 1.82) is 0 Å². The van der Waals surface area contributed by atoms with E-state index in [2.05, 4.69) is 21.4 Å². The van der Waals surface area contributed by atoms with Gasteiger partial charge in [0.05, 0.1) is 14.2 Å². The molecule has 0 fully saturated rings. The van der Waals surface area contributed by atoms with Crippen LogP contribution in [0, 0.1) is 5.92 Å². The van der Waals surface area contributed by atoms with Gasteiger partial charge in [0.1, 0.15) is 4.99 Å². The average Bonchev–Trinajstić information content (AvgIpc) is 2.25. The summed E-state index contributed by atoms with van der Waals surface area (Å²) in [5, 5.41) is 2.67. The minimum Gasteiger partial charge on any atom is -0.468 e. The molecular weight excluding hydrogens is 218 g/mol. The Bertz CT molecular complexity index is 261. The minimum atomic E-state index is -1.21. The van der Waals surface area contributed by atoms with E-state index in [0.717, 1.165) is 0 Å². The van der Waals surface area contributed by atoms with Crippen molar-refractivity contribution in [3.63, 3.8) is 0 Å². The van der Waals surface area contributed by atoms with Crippen molar-refractivity contribution in [2.45, 2.75) is 0 Å². The van der Waals surface area contributed by atoms with Crippen LogP contribution in [0.3, 0.4) is 0 Å². The lowest BCUT2D eigenvalue weighted by molar-refractivity contribution is -0.155. The minimum absolute atomic E-state index is 0.0635. The number of hydrogen-bond donors (Lipinski definition) is 1. The predicted octanol–water partition coefficient (Wildman–Crippen LogP) is 0.0516. The van der Waals surface area contributed by atoms with E-state index in [4.69, 9.17) is 12.2 Å². The highest BCUT2D eigenvalue weighted by molar-refractivity contribution is 7.80. The van der Waals surface area contributed by atoms with Gasteiger partial charge in [0.2, 0.25) is 5.92 Å². The van der Waals surface area contributed by atoms with E-state index in [1.165, 1.54) is 14.2 Å². The highest BCUT2D eigenvalue weighted by Crippen LogP contribution is 2.04. The number of rotatable bonds is 5. The Morgan fingerprint density at radius 3 is 2.20 bits per heavy atom. The molecule has 0 saturated carbocycles. The Labute approximate surface area is 93.4 Å². The monoisotopic (exact) mass is 231 g/mol. The molecule has 0 bridgehead atoms. The van der Waals surface area contributed by atoms with Crippen LogP contribution in [0.4, 0.5) is 0 Å². The first-order chi connectivity index (χ1) is 7.08. The van der Waals surface area contributed by atoms with E-state index in [9.17, 15) is 9.59 Å². The summed E-state index contributed by atoms with van der Waals surface area (Å²) < 4.78 is 8.89. The normalized spacial score (nSPS) is 9.27. The van der Waals surface area contributed by atoms with Crippen molar-refractivity contribution in [2.75, 3.05) is 20.8 Å². The summed E-state index contributed by atoms with van der Waals surface area (Å²) in [6.45, 7) is 3.83. The molecular formula is C9H13NO4S. The number of nitrogens with one attached hydrogen (secondary N) is 1. The highest BCUT2D eigenvalue weighted by atomic mass is 32.1. The molecule has 0 aliphatic carbocycles. The highest BCUT2D eigenvalue weighted by Gasteiger charge is 2.32. The molecule has 0 aromatic heterocycles.